The number of rotatable bonds is 5. The Labute approximate surface area is 147 Å². The number of carbonyl (C=O) groups is 2. The van der Waals surface area contributed by atoms with Gasteiger partial charge in [0.2, 0.25) is 11.8 Å². The fourth-order valence-corrected chi connectivity index (χ4v) is 3.07. The Morgan fingerprint density at radius 1 is 1.25 bits per heavy atom. The third kappa shape index (κ3) is 5.64. The van der Waals surface area contributed by atoms with Gasteiger partial charge < -0.3 is 5.32 Å². The van der Waals surface area contributed by atoms with E-state index in [1.165, 1.54) is 6.42 Å². The summed E-state index contributed by atoms with van der Waals surface area (Å²) in [5.74, 6) is -0.155. The third-order valence-electron chi connectivity index (χ3n) is 4.21. The van der Waals surface area contributed by atoms with E-state index >= 15 is 0 Å². The first-order chi connectivity index (χ1) is 11.5. The molecule has 5 nitrogen and oxygen atoms in total. The molecule has 0 aliphatic heterocycles. The number of nitrogens with zero attached hydrogens (tertiary/aromatic N) is 1. The highest BCUT2D eigenvalue weighted by Crippen LogP contribution is 2.23. The van der Waals surface area contributed by atoms with E-state index in [2.05, 4.69) is 15.8 Å². The highest BCUT2D eigenvalue weighted by molar-refractivity contribution is 6.30. The second-order valence-electron chi connectivity index (χ2n) is 6.34. The van der Waals surface area contributed by atoms with Gasteiger partial charge in [-0.05, 0) is 50.5 Å². The van der Waals surface area contributed by atoms with Crippen molar-refractivity contribution in [2.24, 2.45) is 11.0 Å². The van der Waals surface area contributed by atoms with E-state index in [-0.39, 0.29) is 24.2 Å². The average Bonchev–Trinajstić information content (AvgIpc) is 2.56. The van der Waals surface area contributed by atoms with Gasteiger partial charge in [-0.2, -0.15) is 5.10 Å². The lowest BCUT2D eigenvalue weighted by atomic mass is 9.89. The van der Waals surface area contributed by atoms with E-state index < -0.39 is 0 Å². The Bertz CT molecular complexity index is 637. The highest BCUT2D eigenvalue weighted by atomic mass is 35.5. The Morgan fingerprint density at radius 2 is 1.96 bits per heavy atom. The minimum absolute atomic E-state index is 0.0389. The van der Waals surface area contributed by atoms with E-state index in [4.69, 9.17) is 11.6 Å². The van der Waals surface area contributed by atoms with Gasteiger partial charge in [0.1, 0.15) is 0 Å². The normalized spacial score (nSPS) is 15.9. The summed E-state index contributed by atoms with van der Waals surface area (Å²) in [7, 11) is 0. The van der Waals surface area contributed by atoms with Gasteiger partial charge in [-0.1, -0.05) is 30.9 Å². The van der Waals surface area contributed by atoms with Gasteiger partial charge >= 0.3 is 0 Å². The fourth-order valence-electron chi connectivity index (χ4n) is 2.84. The van der Waals surface area contributed by atoms with E-state index in [9.17, 15) is 9.59 Å². The van der Waals surface area contributed by atoms with Crippen LogP contribution in [0, 0.1) is 12.8 Å². The van der Waals surface area contributed by atoms with Crippen LogP contribution < -0.4 is 10.7 Å². The maximum absolute atomic E-state index is 12.1. The molecule has 2 N–H and O–H groups in total. The number of hydrogen-bond donors (Lipinski definition) is 2. The van der Waals surface area contributed by atoms with Crippen molar-refractivity contribution in [3.63, 3.8) is 0 Å². The first kappa shape index (κ1) is 18.5. The minimum Gasteiger partial charge on any atom is -0.326 e. The second kappa shape index (κ2) is 8.83. The molecule has 1 aromatic rings. The number of benzene rings is 1. The molecule has 0 unspecified atom stereocenters. The van der Waals surface area contributed by atoms with Crippen molar-refractivity contribution < 1.29 is 9.59 Å². The van der Waals surface area contributed by atoms with Gasteiger partial charge in [-0.15, -0.1) is 0 Å². The van der Waals surface area contributed by atoms with Crippen LogP contribution in [-0.2, 0) is 9.59 Å². The van der Waals surface area contributed by atoms with Crippen molar-refractivity contribution in [2.45, 2.75) is 52.4 Å². The average molecular weight is 350 g/mol. The molecule has 0 radical (unpaired) electrons. The summed E-state index contributed by atoms with van der Waals surface area (Å²) in [4.78, 5) is 24.1. The topological polar surface area (TPSA) is 70.6 Å². The molecule has 2 rings (SSSR count). The molecule has 0 atom stereocenters. The monoisotopic (exact) mass is 349 g/mol. The predicted molar refractivity (Wildman–Crippen MR) is 97.3 cm³/mol. The number of carbonyl (C=O) groups excluding carboxylic acids is 2. The van der Waals surface area contributed by atoms with Gasteiger partial charge in [0.15, 0.2) is 0 Å². The van der Waals surface area contributed by atoms with Crippen molar-refractivity contribution in [3.05, 3.63) is 28.8 Å². The summed E-state index contributed by atoms with van der Waals surface area (Å²) in [5.41, 5.74) is 4.79. The van der Waals surface area contributed by atoms with Crippen LogP contribution >= 0.6 is 11.6 Å². The van der Waals surface area contributed by atoms with Crippen molar-refractivity contribution in [2.75, 3.05) is 5.32 Å². The van der Waals surface area contributed by atoms with Gasteiger partial charge in [0.05, 0.1) is 6.42 Å². The zero-order chi connectivity index (χ0) is 17.5. The molecule has 0 aromatic heterocycles. The van der Waals surface area contributed by atoms with Crippen molar-refractivity contribution in [1.29, 1.82) is 0 Å². The molecule has 6 heteroatoms. The largest absolute Gasteiger partial charge is 0.326 e. The van der Waals surface area contributed by atoms with Crippen LogP contribution in [-0.4, -0.2) is 17.5 Å². The van der Waals surface area contributed by atoms with Crippen LogP contribution in [0.4, 0.5) is 5.69 Å². The summed E-state index contributed by atoms with van der Waals surface area (Å²) in [6, 6.07) is 5.30. The Morgan fingerprint density at radius 3 is 2.62 bits per heavy atom. The van der Waals surface area contributed by atoms with E-state index in [0.717, 1.165) is 36.9 Å². The van der Waals surface area contributed by atoms with E-state index in [1.54, 1.807) is 25.1 Å². The first-order valence-electron chi connectivity index (χ1n) is 8.34. The minimum atomic E-state index is -0.173. The molecule has 2 amide bonds. The Hall–Kier alpha value is -1.88. The summed E-state index contributed by atoms with van der Waals surface area (Å²) in [5, 5.41) is 7.51. The maximum atomic E-state index is 12.1. The lowest BCUT2D eigenvalue weighted by Crippen LogP contribution is -2.29. The molecule has 0 heterocycles. The zero-order valence-electron chi connectivity index (χ0n) is 14.2. The predicted octanol–water partition coefficient (Wildman–Crippen LogP) is 4.05. The number of nitrogens with one attached hydrogen (secondary N) is 2. The van der Waals surface area contributed by atoms with E-state index in [1.807, 2.05) is 6.92 Å². The van der Waals surface area contributed by atoms with Gasteiger partial charge in [0, 0.05) is 22.3 Å². The zero-order valence-corrected chi connectivity index (χ0v) is 14.9. The molecule has 0 saturated heterocycles. The number of anilines is 1. The number of aryl methyl sites for hydroxylation is 1. The molecule has 1 aromatic carbocycles. The number of hydrogen-bond acceptors (Lipinski definition) is 3. The molecular weight excluding hydrogens is 326 g/mol. The molecule has 1 fully saturated rings. The number of halogens is 1. The fraction of sp³-hybridized carbons (Fsp3) is 0.500. The van der Waals surface area contributed by atoms with Crippen LogP contribution in [0.25, 0.3) is 0 Å². The molecule has 1 aliphatic carbocycles. The van der Waals surface area contributed by atoms with Crippen molar-refractivity contribution in [3.8, 4) is 0 Å². The third-order valence-corrected chi connectivity index (χ3v) is 4.45. The van der Waals surface area contributed by atoms with Crippen LogP contribution in [0.1, 0.15) is 51.0 Å². The van der Waals surface area contributed by atoms with Crippen molar-refractivity contribution in [1.82, 2.24) is 5.43 Å². The molecule has 1 saturated carbocycles. The van der Waals surface area contributed by atoms with Crippen LogP contribution in [0.15, 0.2) is 23.3 Å². The first-order valence-corrected chi connectivity index (χ1v) is 8.72. The molecular formula is C18H24ClN3O2. The SMILES string of the molecule is C/C(CC(=O)Nc1ccc(Cl)cc1C)=N/NC(=O)C1CCCCC1. The number of amides is 2. The Balaban J connectivity index is 1.82. The van der Waals surface area contributed by atoms with Gasteiger partial charge in [-0.3, -0.25) is 9.59 Å². The van der Waals surface area contributed by atoms with Crippen LogP contribution in [0.5, 0.6) is 0 Å². The van der Waals surface area contributed by atoms with Crippen molar-refractivity contribution >= 4 is 34.8 Å². The lowest BCUT2D eigenvalue weighted by molar-refractivity contribution is -0.126. The molecule has 1 aliphatic rings. The summed E-state index contributed by atoms with van der Waals surface area (Å²) in [6.45, 7) is 3.61. The molecule has 24 heavy (non-hydrogen) atoms. The standard InChI is InChI=1S/C18H24ClN3O2/c1-12-10-15(19)8-9-16(12)20-17(23)11-13(2)21-22-18(24)14-6-4-3-5-7-14/h8-10,14H,3-7,11H2,1-2H3,(H,20,23)(H,22,24)/b21-13-. The maximum Gasteiger partial charge on any atom is 0.243 e. The molecule has 0 spiro atoms. The lowest BCUT2D eigenvalue weighted by Gasteiger charge is -2.19. The van der Waals surface area contributed by atoms with Gasteiger partial charge in [0.25, 0.3) is 0 Å². The summed E-state index contributed by atoms with van der Waals surface area (Å²) < 4.78 is 0. The molecule has 0 bridgehead atoms. The van der Waals surface area contributed by atoms with Crippen LogP contribution in [0.2, 0.25) is 5.02 Å². The van der Waals surface area contributed by atoms with Gasteiger partial charge in [-0.25, -0.2) is 5.43 Å². The molecule has 130 valence electrons. The van der Waals surface area contributed by atoms with E-state index in [0.29, 0.717) is 10.7 Å². The second-order valence-corrected chi connectivity index (χ2v) is 6.78. The quantitative estimate of drug-likeness (QED) is 0.621. The van der Waals surface area contributed by atoms with Crippen LogP contribution in [0.3, 0.4) is 0 Å². The highest BCUT2D eigenvalue weighted by Gasteiger charge is 2.20. The number of hydrazone groups is 1. The Kier molecular flexibility index (Phi) is 6.79. The smallest absolute Gasteiger partial charge is 0.243 e. The summed E-state index contributed by atoms with van der Waals surface area (Å²) >= 11 is 5.90. The summed E-state index contributed by atoms with van der Waals surface area (Å²) in [6.07, 6.45) is 5.39.